The zero-order valence-electron chi connectivity index (χ0n) is 11.5. The molecule has 0 spiro atoms. The summed E-state index contributed by atoms with van der Waals surface area (Å²) in [7, 11) is 1.65. The van der Waals surface area contributed by atoms with Gasteiger partial charge in [0.15, 0.2) is 11.5 Å². The highest BCUT2D eigenvalue weighted by Gasteiger charge is 2.20. The van der Waals surface area contributed by atoms with Crippen molar-refractivity contribution in [2.75, 3.05) is 13.9 Å². The molecule has 0 saturated heterocycles. The lowest BCUT2D eigenvalue weighted by atomic mass is 10.0. The topological polar surface area (TPSA) is 36.9 Å². The van der Waals surface area contributed by atoms with Crippen LogP contribution in [0, 0.1) is 0 Å². The van der Waals surface area contributed by atoms with Crippen LogP contribution >= 0.6 is 0 Å². The molecular formula is C17H14O4. The van der Waals surface area contributed by atoms with Crippen LogP contribution in [0.5, 0.6) is 23.0 Å². The molecule has 2 aromatic carbocycles. The summed E-state index contributed by atoms with van der Waals surface area (Å²) in [6, 6.07) is 11.7. The van der Waals surface area contributed by atoms with Crippen LogP contribution in [0.3, 0.4) is 0 Å². The summed E-state index contributed by atoms with van der Waals surface area (Å²) in [6.45, 7) is 0.278. The van der Waals surface area contributed by atoms with Crippen molar-refractivity contribution >= 4 is 6.08 Å². The van der Waals surface area contributed by atoms with E-state index >= 15 is 0 Å². The van der Waals surface area contributed by atoms with Gasteiger partial charge in [-0.25, -0.2) is 0 Å². The van der Waals surface area contributed by atoms with Gasteiger partial charge in [0.25, 0.3) is 0 Å². The van der Waals surface area contributed by atoms with Crippen molar-refractivity contribution in [1.82, 2.24) is 0 Å². The number of hydrogen-bond donors (Lipinski definition) is 0. The summed E-state index contributed by atoms with van der Waals surface area (Å²) in [6.07, 6.45) is 3.96. The summed E-state index contributed by atoms with van der Waals surface area (Å²) in [5.74, 6) is 3.15. The van der Waals surface area contributed by atoms with Gasteiger partial charge in [-0.2, -0.15) is 0 Å². The molecule has 0 fully saturated rings. The Morgan fingerprint density at radius 2 is 1.90 bits per heavy atom. The van der Waals surface area contributed by atoms with E-state index in [1.807, 2.05) is 42.5 Å². The van der Waals surface area contributed by atoms with Gasteiger partial charge in [0.05, 0.1) is 7.11 Å². The molecule has 0 bridgehead atoms. The Kier molecular flexibility index (Phi) is 2.74. The SMILES string of the molecule is COc1ccc2c(c1)OC(c1ccc3c(c1)OCO3)C=C2. The lowest BCUT2D eigenvalue weighted by Gasteiger charge is -2.22. The van der Waals surface area contributed by atoms with E-state index in [2.05, 4.69) is 6.08 Å². The van der Waals surface area contributed by atoms with Crippen LogP contribution in [0.25, 0.3) is 6.08 Å². The Balaban J connectivity index is 1.66. The highest BCUT2D eigenvalue weighted by molar-refractivity contribution is 5.62. The van der Waals surface area contributed by atoms with Crippen molar-refractivity contribution in [1.29, 1.82) is 0 Å². The van der Waals surface area contributed by atoms with Crippen molar-refractivity contribution in [3.05, 3.63) is 53.6 Å². The molecule has 0 N–H and O–H groups in total. The number of hydrogen-bond acceptors (Lipinski definition) is 4. The van der Waals surface area contributed by atoms with Gasteiger partial charge in [-0.3, -0.25) is 0 Å². The van der Waals surface area contributed by atoms with E-state index in [-0.39, 0.29) is 12.9 Å². The van der Waals surface area contributed by atoms with Gasteiger partial charge in [0.2, 0.25) is 6.79 Å². The summed E-state index contributed by atoms with van der Waals surface area (Å²) in [5.41, 5.74) is 2.08. The molecule has 4 rings (SSSR count). The Labute approximate surface area is 122 Å². The summed E-state index contributed by atoms with van der Waals surface area (Å²) < 4.78 is 22.0. The molecule has 2 heterocycles. The van der Waals surface area contributed by atoms with Crippen LogP contribution in [0.4, 0.5) is 0 Å². The largest absolute Gasteiger partial charge is 0.497 e. The summed E-state index contributed by atoms with van der Waals surface area (Å²) in [5, 5.41) is 0. The zero-order valence-corrected chi connectivity index (χ0v) is 11.5. The number of rotatable bonds is 2. The Morgan fingerprint density at radius 1 is 1.00 bits per heavy atom. The van der Waals surface area contributed by atoms with Gasteiger partial charge in [0, 0.05) is 17.2 Å². The summed E-state index contributed by atoms with van der Waals surface area (Å²) in [4.78, 5) is 0. The quantitative estimate of drug-likeness (QED) is 0.843. The molecule has 2 aromatic rings. The maximum atomic E-state index is 6.06. The molecule has 2 aliphatic heterocycles. The third-order valence-electron chi connectivity index (χ3n) is 3.65. The van der Waals surface area contributed by atoms with Crippen LogP contribution in [-0.2, 0) is 0 Å². The van der Waals surface area contributed by atoms with E-state index in [0.29, 0.717) is 0 Å². The first kappa shape index (κ1) is 12.1. The van der Waals surface area contributed by atoms with E-state index in [4.69, 9.17) is 18.9 Å². The standard InChI is InChI=1S/C17H14O4/c1-18-13-5-2-11-3-6-14(21-16(11)9-13)12-4-7-15-17(8-12)20-10-19-15/h2-9,14H,10H2,1H3. The minimum Gasteiger partial charge on any atom is -0.497 e. The number of benzene rings is 2. The summed E-state index contributed by atoms with van der Waals surface area (Å²) >= 11 is 0. The van der Waals surface area contributed by atoms with E-state index in [0.717, 1.165) is 34.1 Å². The van der Waals surface area contributed by atoms with Crippen molar-refractivity contribution < 1.29 is 18.9 Å². The minimum atomic E-state index is -0.140. The van der Waals surface area contributed by atoms with Crippen LogP contribution < -0.4 is 18.9 Å². The first-order valence-electron chi connectivity index (χ1n) is 6.76. The second-order valence-corrected chi connectivity index (χ2v) is 4.91. The first-order chi connectivity index (χ1) is 10.3. The zero-order chi connectivity index (χ0) is 14.2. The van der Waals surface area contributed by atoms with E-state index in [1.54, 1.807) is 7.11 Å². The van der Waals surface area contributed by atoms with Crippen molar-refractivity contribution in [3.63, 3.8) is 0 Å². The maximum Gasteiger partial charge on any atom is 0.231 e. The highest BCUT2D eigenvalue weighted by atomic mass is 16.7. The predicted octanol–water partition coefficient (Wildman–Crippen LogP) is 3.57. The Morgan fingerprint density at radius 3 is 2.81 bits per heavy atom. The predicted molar refractivity (Wildman–Crippen MR) is 78.0 cm³/mol. The van der Waals surface area contributed by atoms with Crippen LogP contribution in [0.1, 0.15) is 17.2 Å². The molecule has 2 aliphatic rings. The fraction of sp³-hybridized carbons (Fsp3) is 0.176. The lowest BCUT2D eigenvalue weighted by molar-refractivity contribution is 0.173. The van der Waals surface area contributed by atoms with Crippen molar-refractivity contribution in [2.45, 2.75) is 6.10 Å². The van der Waals surface area contributed by atoms with Crippen molar-refractivity contribution in [3.8, 4) is 23.0 Å². The molecule has 1 unspecified atom stereocenters. The average Bonchev–Trinajstić information content (AvgIpc) is 3.01. The van der Waals surface area contributed by atoms with Crippen LogP contribution in [0.2, 0.25) is 0 Å². The van der Waals surface area contributed by atoms with Gasteiger partial charge in [-0.05, 0) is 30.3 Å². The number of ether oxygens (including phenoxy) is 4. The molecule has 0 saturated carbocycles. The smallest absolute Gasteiger partial charge is 0.231 e. The van der Waals surface area contributed by atoms with E-state index in [9.17, 15) is 0 Å². The molecule has 0 radical (unpaired) electrons. The molecular weight excluding hydrogens is 268 g/mol. The van der Waals surface area contributed by atoms with Gasteiger partial charge in [-0.1, -0.05) is 12.1 Å². The fourth-order valence-corrected chi connectivity index (χ4v) is 2.52. The number of fused-ring (bicyclic) bond motifs is 2. The molecule has 21 heavy (non-hydrogen) atoms. The Hall–Kier alpha value is -2.62. The molecule has 4 nitrogen and oxygen atoms in total. The molecule has 0 aromatic heterocycles. The van der Waals surface area contributed by atoms with Gasteiger partial charge < -0.3 is 18.9 Å². The molecule has 106 valence electrons. The molecule has 0 aliphatic carbocycles. The number of methoxy groups -OCH3 is 1. The van der Waals surface area contributed by atoms with Gasteiger partial charge in [-0.15, -0.1) is 0 Å². The monoisotopic (exact) mass is 282 g/mol. The van der Waals surface area contributed by atoms with E-state index < -0.39 is 0 Å². The third kappa shape index (κ3) is 2.09. The maximum absolute atomic E-state index is 6.06. The van der Waals surface area contributed by atoms with Crippen molar-refractivity contribution in [2.24, 2.45) is 0 Å². The van der Waals surface area contributed by atoms with Crippen LogP contribution in [-0.4, -0.2) is 13.9 Å². The normalized spacial score (nSPS) is 18.0. The van der Waals surface area contributed by atoms with Gasteiger partial charge >= 0.3 is 0 Å². The molecule has 4 heteroatoms. The van der Waals surface area contributed by atoms with E-state index in [1.165, 1.54) is 0 Å². The highest BCUT2D eigenvalue weighted by Crippen LogP contribution is 2.39. The fourth-order valence-electron chi connectivity index (χ4n) is 2.52. The molecule has 0 amide bonds. The van der Waals surface area contributed by atoms with Gasteiger partial charge in [0.1, 0.15) is 17.6 Å². The lowest BCUT2D eigenvalue weighted by Crippen LogP contribution is -2.09. The third-order valence-corrected chi connectivity index (χ3v) is 3.65. The minimum absolute atomic E-state index is 0.140. The molecule has 1 atom stereocenters. The second kappa shape index (κ2) is 4.74. The van der Waals surface area contributed by atoms with Crippen LogP contribution in [0.15, 0.2) is 42.5 Å². The Bertz CT molecular complexity index is 721. The first-order valence-corrected chi connectivity index (χ1v) is 6.76. The average molecular weight is 282 g/mol. The second-order valence-electron chi connectivity index (χ2n) is 4.91.